The zero-order chi connectivity index (χ0) is 18.1. The van der Waals surface area contributed by atoms with Gasteiger partial charge in [0.15, 0.2) is 0 Å². The van der Waals surface area contributed by atoms with E-state index in [0.717, 1.165) is 5.56 Å². The highest BCUT2D eigenvalue weighted by molar-refractivity contribution is 7.53. The minimum atomic E-state index is -3.41. The Hall–Kier alpha value is -0.130. The third-order valence-electron chi connectivity index (χ3n) is 3.32. The van der Waals surface area contributed by atoms with Gasteiger partial charge in [0.25, 0.3) is 0 Å². The Morgan fingerprint density at radius 1 is 1.12 bits per heavy atom. The van der Waals surface area contributed by atoms with Crippen LogP contribution in [-0.2, 0) is 20.4 Å². The van der Waals surface area contributed by atoms with Crippen molar-refractivity contribution in [2.75, 3.05) is 38.1 Å². The molecule has 0 spiro atoms. The number of hydrogen-bond donors (Lipinski definition) is 1. The van der Waals surface area contributed by atoms with Gasteiger partial charge < -0.3 is 9.26 Å². The van der Waals surface area contributed by atoms with Gasteiger partial charge in [-0.15, -0.1) is 23.2 Å². The number of nitrogens with zero attached hydrogens (tertiary/aromatic N) is 1. The highest BCUT2D eigenvalue weighted by atomic mass is 35.5. The molecule has 0 amide bonds. The molecular formula is C16H27Cl2N2O3P. The van der Waals surface area contributed by atoms with Gasteiger partial charge in [0.1, 0.15) is 0 Å². The van der Waals surface area contributed by atoms with Gasteiger partial charge in [-0.2, -0.15) is 0 Å². The second-order valence-electron chi connectivity index (χ2n) is 6.31. The highest BCUT2D eigenvalue weighted by Crippen LogP contribution is 2.43. The molecule has 1 rings (SSSR count). The Kier molecular flexibility index (Phi) is 9.83. The molecule has 1 aromatic carbocycles. The minimum Gasteiger partial charge on any atom is -0.376 e. The van der Waals surface area contributed by atoms with Crippen LogP contribution in [0.3, 0.4) is 0 Å². The summed E-state index contributed by atoms with van der Waals surface area (Å²) in [7, 11) is -3.41. The molecule has 0 fully saturated rings. The summed E-state index contributed by atoms with van der Waals surface area (Å²) in [5.74, 6) is 0.621. The van der Waals surface area contributed by atoms with Gasteiger partial charge in [0, 0.05) is 30.3 Å². The maximum Gasteiger partial charge on any atom is 0.340 e. The number of ether oxygens (including phenoxy) is 1. The van der Waals surface area contributed by atoms with Crippen molar-refractivity contribution in [1.82, 2.24) is 4.67 Å². The monoisotopic (exact) mass is 396 g/mol. The SMILES string of the molecule is CC(C)(COCc1ccccc1)CO[P@](N)(=O)N(CCCl)CCCl. The first-order valence-electron chi connectivity index (χ1n) is 7.83. The van der Waals surface area contributed by atoms with Crippen LogP contribution in [0, 0.1) is 5.41 Å². The Labute approximate surface area is 155 Å². The topological polar surface area (TPSA) is 64.8 Å². The molecule has 0 saturated heterocycles. The van der Waals surface area contributed by atoms with E-state index in [1.54, 1.807) is 0 Å². The predicted octanol–water partition coefficient (Wildman–Crippen LogP) is 4.09. The van der Waals surface area contributed by atoms with Gasteiger partial charge in [-0.1, -0.05) is 44.2 Å². The smallest absolute Gasteiger partial charge is 0.340 e. The molecule has 0 radical (unpaired) electrons. The molecule has 8 heteroatoms. The summed E-state index contributed by atoms with van der Waals surface area (Å²) < 4.78 is 25.3. The highest BCUT2D eigenvalue weighted by Gasteiger charge is 2.30. The quantitative estimate of drug-likeness (QED) is 0.425. The Morgan fingerprint density at radius 2 is 1.71 bits per heavy atom. The number of hydrogen-bond acceptors (Lipinski definition) is 3. The van der Waals surface area contributed by atoms with Gasteiger partial charge in [-0.3, -0.25) is 4.57 Å². The molecule has 0 bridgehead atoms. The van der Waals surface area contributed by atoms with Crippen molar-refractivity contribution < 1.29 is 13.8 Å². The zero-order valence-corrected chi connectivity index (χ0v) is 16.7. The predicted molar refractivity (Wildman–Crippen MR) is 101 cm³/mol. The summed E-state index contributed by atoms with van der Waals surface area (Å²) in [6.07, 6.45) is 0. The van der Waals surface area contributed by atoms with Crippen molar-refractivity contribution in [1.29, 1.82) is 0 Å². The second kappa shape index (κ2) is 10.8. The first-order chi connectivity index (χ1) is 11.3. The second-order valence-corrected chi connectivity index (χ2v) is 9.02. The van der Waals surface area contributed by atoms with E-state index in [-0.39, 0.29) is 12.0 Å². The summed E-state index contributed by atoms with van der Waals surface area (Å²) in [4.78, 5) is 0. The summed E-state index contributed by atoms with van der Waals surface area (Å²) >= 11 is 11.4. The van der Waals surface area contributed by atoms with Crippen LogP contribution in [0.25, 0.3) is 0 Å². The van der Waals surface area contributed by atoms with Crippen LogP contribution in [0.4, 0.5) is 0 Å². The average molecular weight is 397 g/mol. The molecule has 0 aliphatic heterocycles. The molecule has 138 valence electrons. The summed E-state index contributed by atoms with van der Waals surface area (Å²) in [5.41, 5.74) is 6.64. The van der Waals surface area contributed by atoms with Crippen LogP contribution in [0.1, 0.15) is 19.4 Å². The van der Waals surface area contributed by atoms with Crippen LogP contribution >= 0.6 is 30.9 Å². The Morgan fingerprint density at radius 3 is 2.25 bits per heavy atom. The van der Waals surface area contributed by atoms with Gasteiger partial charge in [-0.05, 0) is 5.56 Å². The van der Waals surface area contributed by atoms with Crippen LogP contribution in [0.2, 0.25) is 0 Å². The van der Waals surface area contributed by atoms with E-state index in [4.69, 9.17) is 38.0 Å². The van der Waals surface area contributed by atoms with Crippen molar-refractivity contribution in [2.45, 2.75) is 20.5 Å². The van der Waals surface area contributed by atoms with Crippen molar-refractivity contribution in [3.05, 3.63) is 35.9 Å². The maximum absolute atomic E-state index is 12.6. The van der Waals surface area contributed by atoms with E-state index in [1.807, 2.05) is 44.2 Å². The van der Waals surface area contributed by atoms with E-state index >= 15 is 0 Å². The molecule has 0 unspecified atom stereocenters. The number of alkyl halides is 2. The first kappa shape index (κ1) is 21.9. The van der Waals surface area contributed by atoms with Crippen molar-refractivity contribution in [3.63, 3.8) is 0 Å². The number of rotatable bonds is 12. The van der Waals surface area contributed by atoms with Gasteiger partial charge in [-0.25, -0.2) is 10.2 Å². The van der Waals surface area contributed by atoms with E-state index in [9.17, 15) is 4.57 Å². The van der Waals surface area contributed by atoms with Crippen molar-refractivity contribution in [2.24, 2.45) is 10.9 Å². The van der Waals surface area contributed by atoms with E-state index in [1.165, 1.54) is 4.67 Å². The molecule has 5 nitrogen and oxygen atoms in total. The maximum atomic E-state index is 12.6. The number of benzene rings is 1. The fourth-order valence-electron chi connectivity index (χ4n) is 2.00. The molecule has 0 aliphatic carbocycles. The van der Waals surface area contributed by atoms with E-state index in [0.29, 0.717) is 38.1 Å². The molecule has 0 aliphatic rings. The summed E-state index contributed by atoms with van der Waals surface area (Å²) in [5, 5.41) is 0. The third-order valence-corrected chi connectivity index (χ3v) is 5.35. The molecule has 2 N–H and O–H groups in total. The lowest BCUT2D eigenvalue weighted by molar-refractivity contribution is 0.0244. The normalized spacial score (nSPS) is 14.8. The van der Waals surface area contributed by atoms with Crippen LogP contribution in [-0.4, -0.2) is 42.7 Å². The largest absolute Gasteiger partial charge is 0.376 e. The average Bonchev–Trinajstić information content (AvgIpc) is 2.54. The summed E-state index contributed by atoms with van der Waals surface area (Å²) in [6, 6.07) is 9.93. The van der Waals surface area contributed by atoms with Crippen molar-refractivity contribution >= 4 is 30.9 Å². The van der Waals surface area contributed by atoms with E-state index in [2.05, 4.69) is 0 Å². The lowest BCUT2D eigenvalue weighted by atomic mass is 9.96. The fraction of sp³-hybridized carbons (Fsp3) is 0.625. The lowest BCUT2D eigenvalue weighted by Crippen LogP contribution is -2.32. The van der Waals surface area contributed by atoms with Crippen LogP contribution in [0.15, 0.2) is 30.3 Å². The third kappa shape index (κ3) is 8.30. The lowest BCUT2D eigenvalue weighted by Gasteiger charge is -2.30. The van der Waals surface area contributed by atoms with Crippen molar-refractivity contribution in [3.8, 4) is 0 Å². The molecule has 0 heterocycles. The molecule has 0 aromatic heterocycles. The fourth-order valence-corrected chi connectivity index (χ4v) is 4.09. The Balaban J connectivity index is 2.46. The first-order valence-corrected chi connectivity index (χ1v) is 10.5. The number of halogens is 2. The Bertz CT molecular complexity index is 511. The molecule has 1 atom stereocenters. The van der Waals surface area contributed by atoms with Crippen LogP contribution < -0.4 is 5.50 Å². The number of nitrogens with two attached hydrogens (primary N) is 1. The standard InChI is InChI=1S/C16H27Cl2N2O3P/c1-16(2,13-22-12-15-6-4-3-5-7-15)14-23-24(19,21)20(10-8-17)11-9-18/h3-7H,8-14H2,1-2H3,(H2,19,21)/t24-/m0/s1. The van der Waals surface area contributed by atoms with Gasteiger partial charge in [0.05, 0.1) is 19.8 Å². The summed E-state index contributed by atoms with van der Waals surface area (Å²) in [6.45, 7) is 5.90. The zero-order valence-electron chi connectivity index (χ0n) is 14.3. The molecule has 0 saturated carbocycles. The van der Waals surface area contributed by atoms with Gasteiger partial charge in [0.2, 0.25) is 0 Å². The van der Waals surface area contributed by atoms with Gasteiger partial charge >= 0.3 is 7.67 Å². The molecule has 1 aromatic rings. The van der Waals surface area contributed by atoms with E-state index < -0.39 is 7.67 Å². The van der Waals surface area contributed by atoms with Crippen LogP contribution in [0.5, 0.6) is 0 Å². The minimum absolute atomic E-state index is 0.219. The molecule has 24 heavy (non-hydrogen) atoms. The molecular weight excluding hydrogens is 370 g/mol.